The highest BCUT2D eigenvalue weighted by molar-refractivity contribution is 5.96. The second-order valence-corrected chi connectivity index (χ2v) is 8.20. The van der Waals surface area contributed by atoms with Crippen LogP contribution < -0.4 is 19.9 Å². The largest absolute Gasteiger partial charge is 0.454 e. The molecule has 4 heterocycles. The molecule has 0 N–H and O–H groups in total. The second-order valence-electron chi connectivity index (χ2n) is 8.20. The van der Waals surface area contributed by atoms with Gasteiger partial charge in [0, 0.05) is 23.1 Å². The van der Waals surface area contributed by atoms with Gasteiger partial charge in [0.15, 0.2) is 17.2 Å². The van der Waals surface area contributed by atoms with Gasteiger partial charge < -0.3 is 19.3 Å². The maximum atomic E-state index is 13.3. The molecule has 3 aliphatic rings. The maximum Gasteiger partial charge on any atom is 0.274 e. The van der Waals surface area contributed by atoms with Gasteiger partial charge in [0.05, 0.1) is 17.6 Å². The quantitative estimate of drug-likeness (QED) is 0.599. The fourth-order valence-corrected chi connectivity index (χ4v) is 4.51. The summed E-state index contributed by atoms with van der Waals surface area (Å²) in [5.74, 6) is 1.90. The van der Waals surface area contributed by atoms with E-state index in [0.29, 0.717) is 41.5 Å². The van der Waals surface area contributed by atoms with E-state index in [1.807, 2.05) is 24.3 Å². The average Bonchev–Trinajstić information content (AvgIpc) is 3.46. The Hall–Kier alpha value is -3.10. The van der Waals surface area contributed by atoms with Crippen molar-refractivity contribution < 1.29 is 19.2 Å². The minimum absolute atomic E-state index is 0.116. The SMILES string of the molecule is O=c1c2cc3c(cc2c(-c2ccc4c(c2)OOC4)nn1CCN1CCCCC1)OCO3. The molecular formula is C23H23N3O5. The Morgan fingerprint density at radius 1 is 0.903 bits per heavy atom. The molecule has 8 nitrogen and oxygen atoms in total. The van der Waals surface area contributed by atoms with Crippen LogP contribution in [0.3, 0.4) is 0 Å². The number of ether oxygens (including phenoxy) is 2. The average molecular weight is 421 g/mol. The molecule has 3 aromatic rings. The fourth-order valence-electron chi connectivity index (χ4n) is 4.51. The second kappa shape index (κ2) is 7.55. The van der Waals surface area contributed by atoms with Crippen molar-refractivity contribution in [3.63, 3.8) is 0 Å². The van der Waals surface area contributed by atoms with Gasteiger partial charge in [0.25, 0.3) is 5.56 Å². The normalized spacial score (nSPS) is 17.7. The lowest BCUT2D eigenvalue weighted by atomic mass is 10.0. The van der Waals surface area contributed by atoms with Crippen molar-refractivity contribution in [1.29, 1.82) is 0 Å². The van der Waals surface area contributed by atoms with Crippen LogP contribution in [0.15, 0.2) is 35.1 Å². The first kappa shape index (κ1) is 18.7. The van der Waals surface area contributed by atoms with Crippen LogP contribution in [0.1, 0.15) is 24.8 Å². The van der Waals surface area contributed by atoms with Crippen LogP contribution in [0.2, 0.25) is 0 Å². The molecule has 160 valence electrons. The minimum Gasteiger partial charge on any atom is -0.454 e. The predicted octanol–water partition coefficient (Wildman–Crippen LogP) is 3.10. The van der Waals surface area contributed by atoms with E-state index in [1.54, 1.807) is 10.7 Å². The van der Waals surface area contributed by atoms with Crippen molar-refractivity contribution in [2.45, 2.75) is 32.4 Å². The predicted molar refractivity (Wildman–Crippen MR) is 113 cm³/mol. The summed E-state index contributed by atoms with van der Waals surface area (Å²) in [7, 11) is 0. The minimum atomic E-state index is -0.116. The van der Waals surface area contributed by atoms with E-state index in [0.717, 1.165) is 36.1 Å². The molecule has 0 spiro atoms. The number of hydrogen-bond donors (Lipinski definition) is 0. The van der Waals surface area contributed by atoms with Gasteiger partial charge >= 0.3 is 0 Å². The number of benzene rings is 2. The zero-order valence-electron chi connectivity index (χ0n) is 17.1. The Kier molecular flexibility index (Phi) is 4.54. The third kappa shape index (κ3) is 3.32. The van der Waals surface area contributed by atoms with Gasteiger partial charge in [-0.05, 0) is 44.1 Å². The molecule has 1 fully saturated rings. The number of fused-ring (bicyclic) bond motifs is 3. The van der Waals surface area contributed by atoms with Gasteiger partial charge in [-0.15, -0.1) is 0 Å². The number of piperidine rings is 1. The highest BCUT2D eigenvalue weighted by Gasteiger charge is 2.22. The fraction of sp³-hybridized carbons (Fsp3) is 0.391. The first-order chi connectivity index (χ1) is 15.3. The van der Waals surface area contributed by atoms with Gasteiger partial charge in [0.2, 0.25) is 6.79 Å². The molecule has 31 heavy (non-hydrogen) atoms. The number of nitrogens with zero attached hydrogens (tertiary/aromatic N) is 3. The standard InChI is InChI=1S/C23H23N3O5/c27-23-18-12-21-20(28-14-29-21)11-17(18)22(15-4-5-16-13-30-31-19(16)10-15)24-26(23)9-8-25-6-2-1-3-7-25/h4-5,10-12H,1-3,6-9,13-14H2. The zero-order valence-corrected chi connectivity index (χ0v) is 17.1. The molecule has 1 aromatic heterocycles. The van der Waals surface area contributed by atoms with Crippen molar-refractivity contribution >= 4 is 10.8 Å². The van der Waals surface area contributed by atoms with E-state index >= 15 is 0 Å². The Balaban J connectivity index is 1.47. The summed E-state index contributed by atoms with van der Waals surface area (Å²) in [5.41, 5.74) is 2.45. The third-order valence-corrected chi connectivity index (χ3v) is 6.23. The first-order valence-corrected chi connectivity index (χ1v) is 10.8. The van der Waals surface area contributed by atoms with Gasteiger partial charge in [0.1, 0.15) is 6.61 Å². The van der Waals surface area contributed by atoms with Gasteiger partial charge in [-0.2, -0.15) is 9.99 Å². The molecule has 1 saturated heterocycles. The van der Waals surface area contributed by atoms with E-state index in [9.17, 15) is 4.79 Å². The number of rotatable bonds is 4. The summed E-state index contributed by atoms with van der Waals surface area (Å²) >= 11 is 0. The zero-order chi connectivity index (χ0) is 20.8. The van der Waals surface area contributed by atoms with Crippen molar-refractivity contribution in [1.82, 2.24) is 14.7 Å². The Bertz CT molecular complexity index is 1220. The summed E-state index contributed by atoms with van der Waals surface area (Å²) in [4.78, 5) is 26.1. The van der Waals surface area contributed by atoms with Crippen molar-refractivity contribution in [3.05, 3.63) is 46.2 Å². The number of likely N-dealkylation sites (tertiary alicyclic amines) is 1. The van der Waals surface area contributed by atoms with Crippen molar-refractivity contribution in [2.24, 2.45) is 0 Å². The Morgan fingerprint density at radius 2 is 1.71 bits per heavy atom. The molecule has 0 saturated carbocycles. The number of aromatic nitrogens is 2. The molecule has 0 amide bonds. The van der Waals surface area contributed by atoms with Gasteiger partial charge in [-0.1, -0.05) is 18.6 Å². The van der Waals surface area contributed by atoms with E-state index < -0.39 is 0 Å². The smallest absolute Gasteiger partial charge is 0.274 e. The van der Waals surface area contributed by atoms with E-state index in [1.165, 1.54) is 19.3 Å². The molecule has 0 unspecified atom stereocenters. The molecule has 3 aliphatic heterocycles. The van der Waals surface area contributed by atoms with Crippen LogP contribution in [0.4, 0.5) is 0 Å². The summed E-state index contributed by atoms with van der Waals surface area (Å²) in [6, 6.07) is 9.49. The Morgan fingerprint density at radius 3 is 2.55 bits per heavy atom. The van der Waals surface area contributed by atoms with Crippen molar-refractivity contribution in [3.8, 4) is 28.5 Å². The molecule has 0 aliphatic carbocycles. The van der Waals surface area contributed by atoms with Crippen LogP contribution in [0.25, 0.3) is 22.0 Å². The molecule has 2 aromatic carbocycles. The summed E-state index contributed by atoms with van der Waals surface area (Å²) < 4.78 is 12.7. The van der Waals surface area contributed by atoms with E-state index in [4.69, 9.17) is 24.3 Å². The molecule has 0 bridgehead atoms. The summed E-state index contributed by atoms with van der Waals surface area (Å²) in [5, 5.41) is 6.10. The summed E-state index contributed by atoms with van der Waals surface area (Å²) in [6.45, 7) is 4.09. The number of hydrogen-bond acceptors (Lipinski definition) is 7. The third-order valence-electron chi connectivity index (χ3n) is 6.23. The highest BCUT2D eigenvalue weighted by atomic mass is 17.2. The lowest BCUT2D eigenvalue weighted by Gasteiger charge is -2.26. The van der Waals surface area contributed by atoms with Crippen LogP contribution >= 0.6 is 0 Å². The highest BCUT2D eigenvalue weighted by Crippen LogP contribution is 2.39. The van der Waals surface area contributed by atoms with Crippen LogP contribution in [0.5, 0.6) is 17.2 Å². The molecule has 0 radical (unpaired) electrons. The monoisotopic (exact) mass is 421 g/mol. The van der Waals surface area contributed by atoms with E-state index in [-0.39, 0.29) is 12.4 Å². The maximum absolute atomic E-state index is 13.3. The van der Waals surface area contributed by atoms with Gasteiger partial charge in [-0.3, -0.25) is 4.79 Å². The van der Waals surface area contributed by atoms with Gasteiger partial charge in [-0.25, -0.2) is 4.68 Å². The van der Waals surface area contributed by atoms with E-state index in [2.05, 4.69) is 4.90 Å². The lowest BCUT2D eigenvalue weighted by molar-refractivity contribution is -0.194. The van der Waals surface area contributed by atoms with Crippen LogP contribution in [-0.4, -0.2) is 41.1 Å². The van der Waals surface area contributed by atoms with Crippen LogP contribution in [0, 0.1) is 0 Å². The topological polar surface area (TPSA) is 75.1 Å². The Labute approximate surface area is 178 Å². The molecular weight excluding hydrogens is 398 g/mol. The van der Waals surface area contributed by atoms with Crippen molar-refractivity contribution in [2.75, 3.05) is 26.4 Å². The molecule has 8 heteroatoms. The lowest BCUT2D eigenvalue weighted by Crippen LogP contribution is -2.35. The molecule has 6 rings (SSSR count). The van der Waals surface area contributed by atoms with Crippen LogP contribution in [-0.2, 0) is 18.0 Å². The molecule has 0 atom stereocenters. The summed E-state index contributed by atoms with van der Waals surface area (Å²) in [6.07, 6.45) is 3.71. The first-order valence-electron chi connectivity index (χ1n) is 10.8.